The Bertz CT molecular complexity index is 621. The third-order valence-corrected chi connectivity index (χ3v) is 4.77. The van der Waals surface area contributed by atoms with Gasteiger partial charge in [0.05, 0.1) is 5.52 Å². The molecule has 1 N–H and O–H groups in total. The van der Waals surface area contributed by atoms with Gasteiger partial charge in [0.2, 0.25) is 0 Å². The second kappa shape index (κ2) is 5.74. The molecule has 1 aliphatic heterocycles. The van der Waals surface area contributed by atoms with E-state index < -0.39 is 0 Å². The molecule has 1 saturated heterocycles. The molecule has 0 radical (unpaired) electrons. The molecule has 1 aromatic heterocycles. The van der Waals surface area contributed by atoms with Gasteiger partial charge in [0.1, 0.15) is 0 Å². The molecule has 1 aromatic carbocycles. The van der Waals surface area contributed by atoms with Crippen LogP contribution >= 0.6 is 0 Å². The van der Waals surface area contributed by atoms with Gasteiger partial charge < -0.3 is 5.32 Å². The van der Waals surface area contributed by atoms with Crippen molar-refractivity contribution in [1.82, 2.24) is 15.2 Å². The molecular weight excluding hydrogens is 258 g/mol. The van der Waals surface area contributed by atoms with Gasteiger partial charge in [-0.2, -0.15) is 0 Å². The number of rotatable bonds is 5. The van der Waals surface area contributed by atoms with Crippen LogP contribution in [0.2, 0.25) is 0 Å². The highest BCUT2D eigenvalue weighted by Gasteiger charge is 2.27. The molecule has 1 aliphatic carbocycles. The number of hydrogen-bond acceptors (Lipinski definition) is 3. The van der Waals surface area contributed by atoms with Crippen molar-refractivity contribution < 1.29 is 0 Å². The van der Waals surface area contributed by atoms with Crippen LogP contribution in [0.15, 0.2) is 36.5 Å². The largest absolute Gasteiger partial charge is 0.312 e. The summed E-state index contributed by atoms with van der Waals surface area (Å²) in [7, 11) is 0. The summed E-state index contributed by atoms with van der Waals surface area (Å²) in [4.78, 5) is 7.05. The minimum atomic E-state index is 0.718. The van der Waals surface area contributed by atoms with Gasteiger partial charge in [-0.05, 0) is 56.0 Å². The Balaban J connectivity index is 1.44. The average molecular weight is 281 g/mol. The highest BCUT2D eigenvalue weighted by atomic mass is 15.2. The van der Waals surface area contributed by atoms with E-state index in [-0.39, 0.29) is 0 Å². The number of benzene rings is 1. The minimum Gasteiger partial charge on any atom is -0.312 e. The Kier molecular flexibility index (Phi) is 3.62. The Morgan fingerprint density at radius 3 is 3.05 bits per heavy atom. The lowest BCUT2D eigenvalue weighted by molar-refractivity contribution is 0.239. The van der Waals surface area contributed by atoms with Crippen molar-refractivity contribution >= 4 is 10.9 Å². The summed E-state index contributed by atoms with van der Waals surface area (Å²) in [5.74, 6) is 0. The zero-order valence-electron chi connectivity index (χ0n) is 12.5. The molecule has 3 nitrogen and oxygen atoms in total. The van der Waals surface area contributed by atoms with E-state index in [1.54, 1.807) is 0 Å². The van der Waals surface area contributed by atoms with Crippen LogP contribution in [0.25, 0.3) is 10.9 Å². The first-order chi connectivity index (χ1) is 10.4. The van der Waals surface area contributed by atoms with E-state index in [9.17, 15) is 0 Å². The van der Waals surface area contributed by atoms with Gasteiger partial charge in [0, 0.05) is 36.8 Å². The van der Waals surface area contributed by atoms with E-state index >= 15 is 0 Å². The van der Waals surface area contributed by atoms with Crippen molar-refractivity contribution in [2.75, 3.05) is 13.1 Å². The summed E-state index contributed by atoms with van der Waals surface area (Å²) < 4.78 is 0. The van der Waals surface area contributed by atoms with Crippen molar-refractivity contribution in [3.8, 4) is 0 Å². The topological polar surface area (TPSA) is 28.2 Å². The van der Waals surface area contributed by atoms with Gasteiger partial charge in [0.25, 0.3) is 0 Å². The maximum atomic E-state index is 4.40. The van der Waals surface area contributed by atoms with Crippen LogP contribution in [0.3, 0.4) is 0 Å². The van der Waals surface area contributed by atoms with Crippen LogP contribution in [-0.4, -0.2) is 35.1 Å². The second-order valence-electron chi connectivity index (χ2n) is 6.48. The van der Waals surface area contributed by atoms with E-state index in [0.29, 0.717) is 0 Å². The molecule has 1 saturated carbocycles. The fourth-order valence-electron chi connectivity index (χ4n) is 3.38. The van der Waals surface area contributed by atoms with Gasteiger partial charge in [-0.3, -0.25) is 9.88 Å². The molecule has 0 amide bonds. The number of pyridine rings is 1. The van der Waals surface area contributed by atoms with E-state index in [0.717, 1.165) is 24.1 Å². The SMILES string of the molecule is c1cnc2ccc(CN3CCCC3CNC3CC3)cc2c1. The summed E-state index contributed by atoms with van der Waals surface area (Å²) >= 11 is 0. The lowest BCUT2D eigenvalue weighted by Gasteiger charge is -2.25. The van der Waals surface area contributed by atoms with Gasteiger partial charge in [-0.25, -0.2) is 0 Å². The molecular formula is C18H23N3. The Hall–Kier alpha value is -1.45. The standard InChI is InChI=1S/C18H23N3/c1-3-15-11-14(5-8-18(15)19-9-1)13-21-10-2-4-17(21)12-20-16-6-7-16/h1,3,5,8-9,11,16-17,20H,2,4,6-7,10,12-13H2. The number of nitrogens with zero attached hydrogens (tertiary/aromatic N) is 2. The zero-order valence-corrected chi connectivity index (χ0v) is 12.5. The van der Waals surface area contributed by atoms with Gasteiger partial charge >= 0.3 is 0 Å². The van der Waals surface area contributed by atoms with Crippen molar-refractivity contribution in [3.63, 3.8) is 0 Å². The van der Waals surface area contributed by atoms with Gasteiger partial charge in [0.15, 0.2) is 0 Å². The van der Waals surface area contributed by atoms with Crippen LogP contribution < -0.4 is 5.32 Å². The zero-order chi connectivity index (χ0) is 14.1. The maximum absolute atomic E-state index is 4.40. The summed E-state index contributed by atoms with van der Waals surface area (Å²) in [6, 6.07) is 12.4. The number of hydrogen-bond donors (Lipinski definition) is 1. The highest BCUT2D eigenvalue weighted by molar-refractivity contribution is 5.78. The number of likely N-dealkylation sites (tertiary alicyclic amines) is 1. The lowest BCUT2D eigenvalue weighted by atomic mass is 10.1. The third kappa shape index (κ3) is 3.09. The van der Waals surface area contributed by atoms with Gasteiger partial charge in [-0.15, -0.1) is 0 Å². The smallest absolute Gasteiger partial charge is 0.0702 e. The number of nitrogens with one attached hydrogen (secondary N) is 1. The van der Waals surface area contributed by atoms with Crippen LogP contribution in [0.1, 0.15) is 31.2 Å². The first-order valence-electron chi connectivity index (χ1n) is 8.19. The van der Waals surface area contributed by atoms with E-state index in [2.05, 4.69) is 39.5 Å². The Labute approximate surface area is 126 Å². The molecule has 1 atom stereocenters. The average Bonchev–Trinajstić information content (AvgIpc) is 3.25. The molecule has 3 heteroatoms. The van der Waals surface area contributed by atoms with Crippen molar-refractivity contribution in [2.24, 2.45) is 0 Å². The lowest BCUT2D eigenvalue weighted by Crippen LogP contribution is -2.38. The number of fused-ring (bicyclic) bond motifs is 1. The van der Waals surface area contributed by atoms with Gasteiger partial charge in [-0.1, -0.05) is 12.1 Å². The summed E-state index contributed by atoms with van der Waals surface area (Å²) in [6.45, 7) is 3.48. The molecule has 0 spiro atoms. The monoisotopic (exact) mass is 281 g/mol. The summed E-state index contributed by atoms with van der Waals surface area (Å²) in [5, 5.41) is 4.94. The molecule has 0 bridgehead atoms. The predicted molar refractivity (Wildman–Crippen MR) is 86.2 cm³/mol. The molecule has 1 unspecified atom stereocenters. The van der Waals surface area contributed by atoms with E-state index in [4.69, 9.17) is 0 Å². The summed E-state index contributed by atoms with van der Waals surface area (Å²) in [5.41, 5.74) is 2.50. The third-order valence-electron chi connectivity index (χ3n) is 4.77. The molecule has 4 rings (SSSR count). The fraction of sp³-hybridized carbons (Fsp3) is 0.500. The van der Waals surface area contributed by atoms with Crippen molar-refractivity contribution in [3.05, 3.63) is 42.1 Å². The van der Waals surface area contributed by atoms with Crippen LogP contribution in [0.5, 0.6) is 0 Å². The predicted octanol–water partition coefficient (Wildman–Crippen LogP) is 2.95. The first-order valence-corrected chi connectivity index (χ1v) is 8.19. The van der Waals surface area contributed by atoms with E-state index in [1.807, 2.05) is 12.3 Å². The molecule has 2 aromatic rings. The molecule has 21 heavy (non-hydrogen) atoms. The fourth-order valence-corrected chi connectivity index (χ4v) is 3.38. The molecule has 2 aliphatic rings. The van der Waals surface area contributed by atoms with Crippen molar-refractivity contribution in [2.45, 2.75) is 44.3 Å². The second-order valence-corrected chi connectivity index (χ2v) is 6.48. The number of aromatic nitrogens is 1. The van der Waals surface area contributed by atoms with E-state index in [1.165, 1.54) is 49.7 Å². The normalized spacial score (nSPS) is 23.0. The first kappa shape index (κ1) is 13.2. The van der Waals surface area contributed by atoms with Crippen LogP contribution in [0.4, 0.5) is 0 Å². The van der Waals surface area contributed by atoms with Crippen LogP contribution in [-0.2, 0) is 6.54 Å². The Morgan fingerprint density at radius 2 is 2.14 bits per heavy atom. The molecule has 2 heterocycles. The van der Waals surface area contributed by atoms with Crippen molar-refractivity contribution in [1.29, 1.82) is 0 Å². The Morgan fingerprint density at radius 1 is 1.19 bits per heavy atom. The summed E-state index contributed by atoms with van der Waals surface area (Å²) in [6.07, 6.45) is 7.30. The quantitative estimate of drug-likeness (QED) is 0.913. The van der Waals surface area contributed by atoms with Crippen LogP contribution in [0, 0.1) is 0 Å². The highest BCUT2D eigenvalue weighted by Crippen LogP contribution is 2.23. The minimum absolute atomic E-state index is 0.718. The maximum Gasteiger partial charge on any atom is 0.0702 e. The molecule has 110 valence electrons. The molecule has 2 fully saturated rings.